The second-order valence-electron chi connectivity index (χ2n) is 3.22. The molecule has 0 amide bonds. The van der Waals surface area contributed by atoms with Gasteiger partial charge in [-0.25, -0.2) is 0 Å². The molecule has 0 N–H and O–H groups in total. The van der Waals surface area contributed by atoms with Gasteiger partial charge >= 0.3 is 0 Å². The minimum absolute atomic E-state index is 0.0218. The van der Waals surface area contributed by atoms with Gasteiger partial charge in [0.05, 0.1) is 5.56 Å². The van der Waals surface area contributed by atoms with E-state index in [1.165, 1.54) is 18.2 Å². The van der Waals surface area contributed by atoms with E-state index in [-0.39, 0.29) is 23.7 Å². The average Bonchev–Trinajstić information content (AvgIpc) is 2.33. The Balaban J connectivity index is 2.93. The van der Waals surface area contributed by atoms with E-state index in [9.17, 15) is 14.4 Å². The van der Waals surface area contributed by atoms with Crippen molar-refractivity contribution in [1.29, 1.82) is 0 Å². The highest BCUT2D eigenvalue weighted by Crippen LogP contribution is 2.26. The zero-order valence-electron chi connectivity index (χ0n) is 9.32. The molecule has 1 aromatic carbocycles. The Labute approximate surface area is 123 Å². The number of hydrogen-bond acceptors (Lipinski definition) is 5. The zero-order valence-corrected chi connectivity index (χ0v) is 11.6. The van der Waals surface area contributed by atoms with Crippen LogP contribution in [-0.2, 0) is 9.59 Å². The maximum absolute atomic E-state index is 11.1. The van der Waals surface area contributed by atoms with Crippen LogP contribution in [-0.4, -0.2) is 28.9 Å². The van der Waals surface area contributed by atoms with Crippen molar-refractivity contribution in [2.24, 2.45) is 0 Å². The van der Waals surface area contributed by atoms with Crippen molar-refractivity contribution in [3.05, 3.63) is 23.8 Å². The molecule has 0 saturated heterocycles. The standard InChI is InChI=1S/C11H7Cl3O5/c12-9(15)4-18-6-1-2-7(11(14)17)8(3-6)19-5-10(13)16/h1-3H,4-5H2. The van der Waals surface area contributed by atoms with Gasteiger partial charge in [0.2, 0.25) is 0 Å². The third-order valence-electron chi connectivity index (χ3n) is 1.86. The number of ether oxygens (including phenoxy) is 2. The van der Waals surface area contributed by atoms with Crippen LogP contribution in [0.2, 0.25) is 0 Å². The lowest BCUT2D eigenvalue weighted by Gasteiger charge is -2.10. The van der Waals surface area contributed by atoms with E-state index < -0.39 is 22.3 Å². The van der Waals surface area contributed by atoms with Crippen LogP contribution in [0.1, 0.15) is 10.4 Å². The molecule has 0 spiro atoms. The maximum Gasteiger partial charge on any atom is 0.259 e. The summed E-state index contributed by atoms with van der Waals surface area (Å²) < 4.78 is 10.0. The summed E-state index contributed by atoms with van der Waals surface area (Å²) in [6, 6.07) is 4.04. The summed E-state index contributed by atoms with van der Waals surface area (Å²) in [7, 11) is 0. The van der Waals surface area contributed by atoms with Gasteiger partial charge in [-0.15, -0.1) is 0 Å². The van der Waals surface area contributed by atoms with Crippen molar-refractivity contribution >= 4 is 50.5 Å². The normalized spacial score (nSPS) is 9.84. The minimum atomic E-state index is -0.767. The largest absolute Gasteiger partial charge is 0.484 e. The predicted octanol–water partition coefficient (Wildman–Crippen LogP) is 2.35. The van der Waals surface area contributed by atoms with Crippen LogP contribution in [0.5, 0.6) is 11.5 Å². The van der Waals surface area contributed by atoms with Gasteiger partial charge in [-0.3, -0.25) is 14.4 Å². The first-order valence-corrected chi connectivity index (χ1v) is 5.99. The second-order valence-corrected chi connectivity index (χ2v) is 4.41. The van der Waals surface area contributed by atoms with E-state index in [2.05, 4.69) is 0 Å². The molecular formula is C11H7Cl3O5. The molecule has 0 aromatic heterocycles. The summed E-state index contributed by atoms with van der Waals surface area (Å²) >= 11 is 15.6. The SMILES string of the molecule is O=C(Cl)COc1ccc(C(=O)Cl)c(OCC(=O)Cl)c1. The van der Waals surface area contributed by atoms with Crippen LogP contribution < -0.4 is 9.47 Å². The van der Waals surface area contributed by atoms with Crippen molar-refractivity contribution < 1.29 is 23.9 Å². The first-order valence-electron chi connectivity index (χ1n) is 4.86. The number of carbonyl (C=O) groups is 3. The lowest BCUT2D eigenvalue weighted by atomic mass is 10.2. The van der Waals surface area contributed by atoms with Gasteiger partial charge in [0, 0.05) is 6.07 Å². The Morgan fingerprint density at radius 2 is 1.53 bits per heavy atom. The van der Waals surface area contributed by atoms with E-state index in [1.807, 2.05) is 0 Å². The van der Waals surface area contributed by atoms with Crippen molar-refractivity contribution in [3.63, 3.8) is 0 Å². The fourth-order valence-corrected chi connectivity index (χ4v) is 1.41. The topological polar surface area (TPSA) is 69.7 Å². The number of benzene rings is 1. The van der Waals surface area contributed by atoms with Gasteiger partial charge in [-0.2, -0.15) is 0 Å². The predicted molar refractivity (Wildman–Crippen MR) is 69.3 cm³/mol. The first kappa shape index (κ1) is 15.8. The molecule has 102 valence electrons. The zero-order chi connectivity index (χ0) is 14.4. The highest BCUT2D eigenvalue weighted by atomic mass is 35.5. The fourth-order valence-electron chi connectivity index (χ4n) is 1.15. The van der Waals surface area contributed by atoms with Gasteiger partial charge < -0.3 is 9.47 Å². The molecule has 0 aliphatic carbocycles. The summed E-state index contributed by atoms with van der Waals surface area (Å²) in [6.45, 7) is -0.778. The summed E-state index contributed by atoms with van der Waals surface area (Å²) in [5.74, 6) is 0.251. The van der Waals surface area contributed by atoms with Crippen LogP contribution in [0, 0.1) is 0 Å². The van der Waals surface area contributed by atoms with Crippen molar-refractivity contribution in [3.8, 4) is 11.5 Å². The number of rotatable bonds is 7. The molecule has 1 aromatic rings. The Morgan fingerprint density at radius 1 is 0.947 bits per heavy atom. The van der Waals surface area contributed by atoms with E-state index in [0.29, 0.717) is 0 Å². The van der Waals surface area contributed by atoms with Crippen LogP contribution in [0.4, 0.5) is 0 Å². The molecule has 0 saturated carbocycles. The van der Waals surface area contributed by atoms with Gasteiger partial charge in [0.15, 0.2) is 13.2 Å². The quantitative estimate of drug-likeness (QED) is 0.720. The molecule has 0 atom stereocenters. The number of hydrogen-bond donors (Lipinski definition) is 0. The lowest BCUT2D eigenvalue weighted by molar-refractivity contribution is -0.114. The van der Waals surface area contributed by atoms with E-state index in [1.54, 1.807) is 0 Å². The summed E-state index contributed by atoms with van der Waals surface area (Å²) in [5, 5.41) is -2.19. The molecule has 0 radical (unpaired) electrons. The molecule has 8 heteroatoms. The Morgan fingerprint density at radius 3 is 2.05 bits per heavy atom. The van der Waals surface area contributed by atoms with Gasteiger partial charge in [0.1, 0.15) is 11.5 Å². The first-order chi connectivity index (χ1) is 8.90. The molecule has 0 bridgehead atoms. The molecular weight excluding hydrogens is 318 g/mol. The third kappa shape index (κ3) is 5.46. The summed E-state index contributed by atoms with van der Waals surface area (Å²) in [4.78, 5) is 32.3. The van der Waals surface area contributed by atoms with Crippen molar-refractivity contribution in [1.82, 2.24) is 0 Å². The molecule has 0 fully saturated rings. The van der Waals surface area contributed by atoms with Crippen molar-refractivity contribution in [2.75, 3.05) is 13.2 Å². The monoisotopic (exact) mass is 324 g/mol. The third-order valence-corrected chi connectivity index (χ3v) is 2.28. The molecule has 19 heavy (non-hydrogen) atoms. The van der Waals surface area contributed by atoms with Crippen LogP contribution in [0.25, 0.3) is 0 Å². The lowest BCUT2D eigenvalue weighted by Crippen LogP contribution is -2.08. The molecule has 0 unspecified atom stereocenters. The smallest absolute Gasteiger partial charge is 0.259 e. The highest BCUT2D eigenvalue weighted by molar-refractivity contribution is 6.68. The number of carbonyl (C=O) groups excluding carboxylic acids is 3. The van der Waals surface area contributed by atoms with E-state index >= 15 is 0 Å². The maximum atomic E-state index is 11.1. The van der Waals surface area contributed by atoms with E-state index in [0.717, 1.165) is 0 Å². The Kier molecular flexibility index (Phi) is 6.08. The Bertz CT molecular complexity index is 515. The number of halogens is 3. The second kappa shape index (κ2) is 7.33. The Hall–Kier alpha value is -1.30. The fraction of sp³-hybridized carbons (Fsp3) is 0.182. The average molecular weight is 326 g/mol. The van der Waals surface area contributed by atoms with Gasteiger partial charge in [-0.1, -0.05) is 0 Å². The van der Waals surface area contributed by atoms with Crippen LogP contribution in [0.3, 0.4) is 0 Å². The summed E-state index contributed by atoms with van der Waals surface area (Å²) in [6.07, 6.45) is 0. The van der Waals surface area contributed by atoms with Crippen molar-refractivity contribution in [2.45, 2.75) is 0 Å². The molecule has 0 heterocycles. The minimum Gasteiger partial charge on any atom is -0.484 e. The van der Waals surface area contributed by atoms with Gasteiger partial charge in [-0.05, 0) is 46.9 Å². The molecule has 5 nitrogen and oxygen atoms in total. The summed E-state index contributed by atoms with van der Waals surface area (Å²) in [5.41, 5.74) is 0.0455. The molecule has 0 aliphatic heterocycles. The van der Waals surface area contributed by atoms with Crippen LogP contribution in [0.15, 0.2) is 18.2 Å². The van der Waals surface area contributed by atoms with Gasteiger partial charge in [0.25, 0.3) is 15.7 Å². The highest BCUT2D eigenvalue weighted by Gasteiger charge is 2.13. The molecule has 0 aliphatic rings. The molecule has 1 rings (SSSR count). The van der Waals surface area contributed by atoms with E-state index in [4.69, 9.17) is 44.3 Å². The van der Waals surface area contributed by atoms with Crippen LogP contribution >= 0.6 is 34.8 Å².